The van der Waals surface area contributed by atoms with Crippen LogP contribution in [0.3, 0.4) is 0 Å². The van der Waals surface area contributed by atoms with Crippen molar-refractivity contribution >= 4 is 39.7 Å². The van der Waals surface area contributed by atoms with Crippen LogP contribution in [0.5, 0.6) is 0 Å². The number of rotatable bonds is 8. The minimum atomic E-state index is -1.18. The Morgan fingerprint density at radius 1 is 1.47 bits per heavy atom. The Labute approximate surface area is 182 Å². The second kappa shape index (κ2) is 8.71. The first-order chi connectivity index (χ1) is 14.2. The number of fused-ring (bicyclic) bond motifs is 1. The summed E-state index contributed by atoms with van der Waals surface area (Å²) in [5.41, 5.74) is -0.439. The molecule has 2 heterocycles. The summed E-state index contributed by atoms with van der Waals surface area (Å²) in [6.07, 6.45) is 2.92. The average Bonchev–Trinajstić information content (AvgIpc) is 3.30. The Balaban J connectivity index is 1.64. The zero-order chi connectivity index (χ0) is 22.1. The van der Waals surface area contributed by atoms with Crippen molar-refractivity contribution in [2.75, 3.05) is 11.9 Å². The fourth-order valence-electron chi connectivity index (χ4n) is 4.02. The van der Waals surface area contributed by atoms with E-state index in [1.165, 1.54) is 6.07 Å². The van der Waals surface area contributed by atoms with E-state index in [2.05, 4.69) is 38.1 Å². The summed E-state index contributed by atoms with van der Waals surface area (Å²) in [5.74, 6) is -1.24. The zero-order valence-electron chi connectivity index (χ0n) is 16.5. The lowest BCUT2D eigenvalue weighted by atomic mass is 9.98. The van der Waals surface area contributed by atoms with Crippen molar-refractivity contribution in [1.29, 1.82) is 0 Å². The molecule has 1 aromatic heterocycles. The quantitative estimate of drug-likeness (QED) is 0.389. The molecule has 2 fully saturated rings. The van der Waals surface area contributed by atoms with Crippen molar-refractivity contribution in [2.24, 2.45) is 11.3 Å². The van der Waals surface area contributed by atoms with Gasteiger partial charge in [-0.1, -0.05) is 13.0 Å². The number of allylic oxidation sites excluding steroid dienone is 1. The first-order valence-electron chi connectivity index (χ1n) is 9.71. The molecule has 1 aliphatic carbocycles. The van der Waals surface area contributed by atoms with E-state index in [9.17, 15) is 23.9 Å². The third-order valence-corrected chi connectivity index (χ3v) is 6.42. The molecule has 0 aromatic carbocycles. The summed E-state index contributed by atoms with van der Waals surface area (Å²) in [6.45, 7) is 5.81. The molecule has 30 heavy (non-hydrogen) atoms. The number of anilines is 1. The lowest BCUT2D eigenvalue weighted by Gasteiger charge is -2.23. The molecule has 3 N–H and O–H groups in total. The van der Waals surface area contributed by atoms with Gasteiger partial charge in [0, 0.05) is 23.9 Å². The van der Waals surface area contributed by atoms with Gasteiger partial charge in [-0.05, 0) is 53.7 Å². The highest BCUT2D eigenvalue weighted by Gasteiger charge is 2.67. The number of nitrogens with zero attached hydrogens (tertiary/aromatic N) is 2. The first-order valence-corrected chi connectivity index (χ1v) is 10.5. The Hall–Kier alpha value is -2.49. The monoisotopic (exact) mass is 482 g/mol. The Morgan fingerprint density at radius 2 is 2.20 bits per heavy atom. The van der Waals surface area contributed by atoms with E-state index in [-0.39, 0.29) is 28.3 Å². The molecule has 10 heteroatoms. The number of amides is 3. The largest absolute Gasteiger partial charge is 0.465 e. The van der Waals surface area contributed by atoms with Gasteiger partial charge in [0.25, 0.3) is 0 Å². The molecule has 0 bridgehead atoms. The van der Waals surface area contributed by atoms with Crippen molar-refractivity contribution in [3.63, 3.8) is 0 Å². The highest BCUT2D eigenvalue weighted by atomic mass is 79.9. The van der Waals surface area contributed by atoms with E-state index >= 15 is 0 Å². The molecule has 1 aromatic rings. The normalized spacial score (nSPS) is 25.2. The molecular weight excluding hydrogens is 459 g/mol. The van der Waals surface area contributed by atoms with Gasteiger partial charge in [0.2, 0.25) is 11.8 Å². The van der Waals surface area contributed by atoms with Gasteiger partial charge in [0.05, 0.1) is 0 Å². The smallest absolute Gasteiger partial charge is 0.408 e. The SMILES string of the molecule is C=CCCC(C)C(=O)NCC12CC(C(=O)Nc3ccc(F)c(Br)n3)N(C(=O)O)C1C2. The number of carbonyl (C=O) groups is 3. The molecule has 8 nitrogen and oxygen atoms in total. The lowest BCUT2D eigenvalue weighted by Crippen LogP contribution is -2.44. The van der Waals surface area contributed by atoms with Crippen LogP contribution in [0.2, 0.25) is 0 Å². The maximum absolute atomic E-state index is 13.3. The molecule has 0 spiro atoms. The van der Waals surface area contributed by atoms with Gasteiger partial charge >= 0.3 is 6.09 Å². The number of carbonyl (C=O) groups excluding carboxylic acids is 2. The third-order valence-electron chi connectivity index (χ3n) is 5.86. The summed E-state index contributed by atoms with van der Waals surface area (Å²) in [4.78, 5) is 41.9. The maximum Gasteiger partial charge on any atom is 0.408 e. The van der Waals surface area contributed by atoms with Crippen LogP contribution < -0.4 is 10.6 Å². The van der Waals surface area contributed by atoms with Gasteiger partial charge in [0.15, 0.2) is 5.82 Å². The second-order valence-electron chi connectivity index (χ2n) is 7.94. The Kier molecular flexibility index (Phi) is 6.44. The van der Waals surface area contributed by atoms with E-state index in [1.807, 2.05) is 6.92 Å². The van der Waals surface area contributed by atoms with Gasteiger partial charge in [-0.25, -0.2) is 14.2 Å². The number of aromatic nitrogens is 1. The topological polar surface area (TPSA) is 112 Å². The number of likely N-dealkylation sites (tertiary alicyclic amines) is 1. The standard InChI is InChI=1S/C20H24BrFN4O4/c1-3-4-5-11(2)17(27)23-10-20-8-13(26(19(29)30)14(20)9-20)18(28)25-15-7-6-12(22)16(21)24-15/h3,6-7,11,13-14H,1,4-5,8-10H2,2H3,(H,23,27)(H,29,30)(H,24,25,28). The molecule has 162 valence electrons. The molecule has 2 aliphatic rings. The van der Waals surface area contributed by atoms with Crippen LogP contribution in [0.1, 0.15) is 32.6 Å². The maximum atomic E-state index is 13.3. The molecule has 0 radical (unpaired) electrons. The van der Waals surface area contributed by atoms with Gasteiger partial charge in [-0.2, -0.15) is 0 Å². The van der Waals surface area contributed by atoms with Gasteiger partial charge in [-0.15, -0.1) is 6.58 Å². The second-order valence-corrected chi connectivity index (χ2v) is 8.69. The van der Waals surface area contributed by atoms with E-state index in [0.29, 0.717) is 25.8 Å². The predicted molar refractivity (Wildman–Crippen MR) is 111 cm³/mol. The third kappa shape index (κ3) is 4.48. The van der Waals surface area contributed by atoms with E-state index in [0.717, 1.165) is 17.4 Å². The lowest BCUT2D eigenvalue weighted by molar-refractivity contribution is -0.124. The fraction of sp³-hybridized carbons (Fsp3) is 0.500. The Morgan fingerprint density at radius 3 is 2.83 bits per heavy atom. The highest BCUT2D eigenvalue weighted by molar-refractivity contribution is 9.10. The van der Waals surface area contributed by atoms with Crippen molar-refractivity contribution in [3.8, 4) is 0 Å². The number of pyridine rings is 1. The Bertz CT molecular complexity index is 882. The molecule has 4 atom stereocenters. The number of halogens is 2. The minimum absolute atomic E-state index is 0.0468. The molecule has 3 rings (SSSR count). The van der Waals surface area contributed by atoms with E-state index < -0.39 is 29.3 Å². The molecule has 1 saturated carbocycles. The van der Waals surface area contributed by atoms with Crippen LogP contribution in [0.4, 0.5) is 15.0 Å². The van der Waals surface area contributed by atoms with Crippen molar-refractivity contribution in [2.45, 2.75) is 44.7 Å². The van der Waals surface area contributed by atoms with Crippen LogP contribution in [-0.2, 0) is 9.59 Å². The van der Waals surface area contributed by atoms with Crippen LogP contribution in [0.25, 0.3) is 0 Å². The molecule has 1 saturated heterocycles. The fourth-order valence-corrected chi connectivity index (χ4v) is 4.34. The molecule has 4 unspecified atom stereocenters. The van der Waals surface area contributed by atoms with Crippen LogP contribution >= 0.6 is 15.9 Å². The number of hydrogen-bond acceptors (Lipinski definition) is 4. The number of piperidine rings is 1. The molecular formula is C20H24BrFN4O4. The first kappa shape index (κ1) is 22.2. The van der Waals surface area contributed by atoms with Crippen molar-refractivity contribution < 1.29 is 23.9 Å². The average molecular weight is 483 g/mol. The summed E-state index contributed by atoms with van der Waals surface area (Å²) in [5, 5.41) is 15.1. The predicted octanol–water partition coefficient (Wildman–Crippen LogP) is 3.15. The van der Waals surface area contributed by atoms with E-state index in [1.54, 1.807) is 6.08 Å². The van der Waals surface area contributed by atoms with Gasteiger partial charge in [0.1, 0.15) is 16.5 Å². The summed E-state index contributed by atoms with van der Waals surface area (Å²) >= 11 is 2.95. The van der Waals surface area contributed by atoms with Gasteiger partial charge < -0.3 is 15.7 Å². The van der Waals surface area contributed by atoms with Crippen LogP contribution in [-0.4, -0.2) is 51.5 Å². The summed E-state index contributed by atoms with van der Waals surface area (Å²) in [7, 11) is 0. The summed E-state index contributed by atoms with van der Waals surface area (Å²) < 4.78 is 13.3. The zero-order valence-corrected chi connectivity index (χ0v) is 18.1. The number of carboxylic acid groups (broad SMARTS) is 1. The van der Waals surface area contributed by atoms with Gasteiger partial charge in [-0.3, -0.25) is 14.5 Å². The van der Waals surface area contributed by atoms with E-state index in [4.69, 9.17) is 0 Å². The molecule has 1 aliphatic heterocycles. The van der Waals surface area contributed by atoms with Crippen LogP contribution in [0.15, 0.2) is 29.4 Å². The van der Waals surface area contributed by atoms with Crippen molar-refractivity contribution in [1.82, 2.24) is 15.2 Å². The van der Waals surface area contributed by atoms with Crippen LogP contribution in [0, 0.1) is 17.2 Å². The highest BCUT2D eigenvalue weighted by Crippen LogP contribution is 2.59. The molecule has 3 amide bonds. The summed E-state index contributed by atoms with van der Waals surface area (Å²) in [6, 6.07) is 1.24. The van der Waals surface area contributed by atoms with Crippen molar-refractivity contribution in [3.05, 3.63) is 35.2 Å². The minimum Gasteiger partial charge on any atom is -0.465 e. The number of hydrogen-bond donors (Lipinski definition) is 3. The number of nitrogens with one attached hydrogen (secondary N) is 2.